The third kappa shape index (κ3) is 1.49. The molecule has 1 rings (SSSR count). The number of isocyanates is 1. The molecule has 0 unspecified atom stereocenters. The second-order valence-electron chi connectivity index (χ2n) is 2.15. The first-order valence-electron chi connectivity index (χ1n) is 3.37. The molecule has 0 N–H and O–H groups in total. The van der Waals surface area contributed by atoms with Gasteiger partial charge < -0.3 is 4.74 Å². The van der Waals surface area contributed by atoms with Crippen molar-refractivity contribution in [2.24, 2.45) is 4.99 Å². The Morgan fingerprint density at radius 1 is 1.67 bits per heavy atom. The molecule has 4 heteroatoms. The summed E-state index contributed by atoms with van der Waals surface area (Å²) < 4.78 is 4.97. The third-order valence-corrected chi connectivity index (χ3v) is 1.45. The first-order valence-corrected chi connectivity index (χ1v) is 3.37. The lowest BCUT2D eigenvalue weighted by Crippen LogP contribution is -1.87. The molecular formula is C8H8N2O2. The van der Waals surface area contributed by atoms with Crippen LogP contribution in [0, 0.1) is 6.92 Å². The molecule has 0 amide bonds. The highest BCUT2D eigenvalue weighted by Crippen LogP contribution is 2.28. The van der Waals surface area contributed by atoms with Crippen LogP contribution in [-0.4, -0.2) is 18.2 Å². The first kappa shape index (κ1) is 8.43. The van der Waals surface area contributed by atoms with Gasteiger partial charge in [0.15, 0.2) is 0 Å². The number of rotatable bonds is 2. The van der Waals surface area contributed by atoms with E-state index in [2.05, 4.69) is 9.98 Å². The first-order chi connectivity index (χ1) is 5.79. The van der Waals surface area contributed by atoms with Gasteiger partial charge in [-0.2, -0.15) is 4.99 Å². The van der Waals surface area contributed by atoms with Crippen LogP contribution in [0.3, 0.4) is 0 Å². The number of pyridine rings is 1. The van der Waals surface area contributed by atoms with E-state index in [0.717, 1.165) is 0 Å². The van der Waals surface area contributed by atoms with E-state index in [1.54, 1.807) is 19.2 Å². The van der Waals surface area contributed by atoms with Crippen LogP contribution < -0.4 is 4.74 Å². The lowest BCUT2D eigenvalue weighted by Gasteiger charge is -2.03. The van der Waals surface area contributed by atoms with Crippen LogP contribution in [0.4, 0.5) is 5.69 Å². The van der Waals surface area contributed by atoms with E-state index in [-0.39, 0.29) is 0 Å². The van der Waals surface area contributed by atoms with Gasteiger partial charge in [0.2, 0.25) is 6.08 Å². The van der Waals surface area contributed by atoms with Gasteiger partial charge in [-0.15, -0.1) is 0 Å². The monoisotopic (exact) mass is 164 g/mol. The molecule has 1 aromatic heterocycles. The number of carbonyl (C=O) groups excluding carboxylic acids is 1. The molecule has 0 aliphatic carbocycles. The summed E-state index contributed by atoms with van der Waals surface area (Å²) in [6.45, 7) is 1.75. The van der Waals surface area contributed by atoms with Crippen LogP contribution in [0.5, 0.6) is 5.75 Å². The fraction of sp³-hybridized carbons (Fsp3) is 0.250. The molecule has 1 heterocycles. The lowest BCUT2D eigenvalue weighted by molar-refractivity contribution is 0.415. The lowest BCUT2D eigenvalue weighted by atomic mass is 10.3. The molecule has 0 spiro atoms. The maximum atomic E-state index is 10.0. The minimum Gasteiger partial charge on any atom is -0.494 e. The topological polar surface area (TPSA) is 51.6 Å². The Labute approximate surface area is 69.9 Å². The van der Waals surface area contributed by atoms with Crippen molar-refractivity contribution < 1.29 is 9.53 Å². The molecular weight excluding hydrogens is 156 g/mol. The van der Waals surface area contributed by atoms with E-state index >= 15 is 0 Å². The van der Waals surface area contributed by atoms with E-state index in [4.69, 9.17) is 4.74 Å². The number of ether oxygens (including phenoxy) is 1. The summed E-state index contributed by atoms with van der Waals surface area (Å²) in [7, 11) is 1.51. The maximum Gasteiger partial charge on any atom is 0.240 e. The smallest absolute Gasteiger partial charge is 0.240 e. The zero-order chi connectivity index (χ0) is 8.97. The highest BCUT2D eigenvalue weighted by molar-refractivity contribution is 5.59. The molecule has 0 aliphatic heterocycles. The Bertz CT molecular complexity index is 330. The van der Waals surface area contributed by atoms with E-state index in [0.29, 0.717) is 17.1 Å². The van der Waals surface area contributed by atoms with Crippen LogP contribution in [0.15, 0.2) is 17.3 Å². The van der Waals surface area contributed by atoms with Gasteiger partial charge in [-0.05, 0) is 6.92 Å². The van der Waals surface area contributed by atoms with Crippen molar-refractivity contribution in [1.82, 2.24) is 4.98 Å². The fourth-order valence-corrected chi connectivity index (χ4v) is 0.881. The van der Waals surface area contributed by atoms with Crippen LogP contribution in [0.2, 0.25) is 0 Å². The summed E-state index contributed by atoms with van der Waals surface area (Å²) in [5, 5.41) is 0. The average Bonchev–Trinajstić information content (AvgIpc) is 2.09. The van der Waals surface area contributed by atoms with Gasteiger partial charge in [0.05, 0.1) is 12.8 Å². The molecule has 12 heavy (non-hydrogen) atoms. The zero-order valence-corrected chi connectivity index (χ0v) is 6.87. The summed E-state index contributed by atoms with van der Waals surface area (Å²) in [4.78, 5) is 17.5. The van der Waals surface area contributed by atoms with Crippen LogP contribution in [0.1, 0.15) is 5.69 Å². The molecule has 0 saturated carbocycles. The van der Waals surface area contributed by atoms with E-state index in [9.17, 15) is 4.79 Å². The summed E-state index contributed by atoms with van der Waals surface area (Å²) in [5.41, 5.74) is 1.09. The molecule has 0 aromatic carbocycles. The summed E-state index contributed by atoms with van der Waals surface area (Å²) >= 11 is 0. The minimum atomic E-state index is 0.440. The van der Waals surface area contributed by atoms with Crippen molar-refractivity contribution in [2.45, 2.75) is 6.92 Å². The molecule has 0 saturated heterocycles. The number of aryl methyl sites for hydroxylation is 1. The predicted octanol–water partition coefficient (Wildman–Crippen LogP) is 1.37. The molecule has 4 nitrogen and oxygen atoms in total. The van der Waals surface area contributed by atoms with Gasteiger partial charge in [-0.3, -0.25) is 4.98 Å². The van der Waals surface area contributed by atoms with Crippen LogP contribution >= 0.6 is 0 Å². The molecule has 0 aliphatic rings. The number of aliphatic imine (C=N–C) groups is 1. The Morgan fingerprint density at radius 3 is 3.00 bits per heavy atom. The van der Waals surface area contributed by atoms with Gasteiger partial charge in [0, 0.05) is 12.3 Å². The molecule has 0 atom stereocenters. The van der Waals surface area contributed by atoms with Crippen molar-refractivity contribution in [3.63, 3.8) is 0 Å². The standard InChI is InChI=1S/C8H8N2O2/c1-6-8(10-5-11)7(12-2)3-4-9-6/h3-4H,1-2H3. The predicted molar refractivity (Wildman–Crippen MR) is 43.3 cm³/mol. The highest BCUT2D eigenvalue weighted by atomic mass is 16.5. The zero-order valence-electron chi connectivity index (χ0n) is 6.87. The second kappa shape index (κ2) is 3.64. The normalized spacial score (nSPS) is 8.83. The van der Waals surface area contributed by atoms with Gasteiger partial charge in [0.25, 0.3) is 0 Å². The number of methoxy groups -OCH3 is 1. The van der Waals surface area contributed by atoms with Crippen molar-refractivity contribution in [1.29, 1.82) is 0 Å². The van der Waals surface area contributed by atoms with Crippen molar-refractivity contribution in [3.05, 3.63) is 18.0 Å². The molecule has 0 fully saturated rings. The molecule has 0 radical (unpaired) electrons. The average molecular weight is 164 g/mol. The molecule has 0 bridgehead atoms. The largest absolute Gasteiger partial charge is 0.494 e. The van der Waals surface area contributed by atoms with Crippen LogP contribution in [0.25, 0.3) is 0 Å². The third-order valence-electron chi connectivity index (χ3n) is 1.45. The minimum absolute atomic E-state index is 0.440. The number of nitrogens with zero attached hydrogens (tertiary/aromatic N) is 2. The summed E-state index contributed by atoms with van der Waals surface area (Å²) in [5.74, 6) is 0.533. The van der Waals surface area contributed by atoms with Gasteiger partial charge >= 0.3 is 0 Å². The Balaban J connectivity index is 3.28. The fourth-order valence-electron chi connectivity index (χ4n) is 0.881. The van der Waals surface area contributed by atoms with Crippen molar-refractivity contribution >= 4 is 11.8 Å². The number of aromatic nitrogens is 1. The molecule has 62 valence electrons. The Morgan fingerprint density at radius 2 is 2.42 bits per heavy atom. The van der Waals surface area contributed by atoms with Gasteiger partial charge in [-0.1, -0.05) is 0 Å². The number of hydrogen-bond acceptors (Lipinski definition) is 4. The van der Waals surface area contributed by atoms with Gasteiger partial charge in [0.1, 0.15) is 11.4 Å². The van der Waals surface area contributed by atoms with Crippen molar-refractivity contribution in [3.8, 4) is 5.75 Å². The number of hydrogen-bond donors (Lipinski definition) is 0. The highest BCUT2D eigenvalue weighted by Gasteiger charge is 2.04. The molecule has 1 aromatic rings. The van der Waals surface area contributed by atoms with Crippen molar-refractivity contribution in [2.75, 3.05) is 7.11 Å². The maximum absolute atomic E-state index is 10.0. The Hall–Kier alpha value is -1.67. The van der Waals surface area contributed by atoms with E-state index in [1.165, 1.54) is 13.2 Å². The van der Waals surface area contributed by atoms with Gasteiger partial charge in [-0.25, -0.2) is 4.79 Å². The Kier molecular flexibility index (Phi) is 2.56. The second-order valence-corrected chi connectivity index (χ2v) is 2.15. The summed E-state index contributed by atoms with van der Waals surface area (Å²) in [6.07, 6.45) is 3.05. The van der Waals surface area contributed by atoms with E-state index < -0.39 is 0 Å². The summed E-state index contributed by atoms with van der Waals surface area (Å²) in [6, 6.07) is 1.64. The quantitative estimate of drug-likeness (QED) is 0.490. The van der Waals surface area contributed by atoms with Crippen LogP contribution in [-0.2, 0) is 4.79 Å². The SMILES string of the molecule is COc1ccnc(C)c1N=C=O. The van der Waals surface area contributed by atoms with E-state index in [1.807, 2.05) is 0 Å².